The maximum absolute atomic E-state index is 10.1. The van der Waals surface area contributed by atoms with Crippen LogP contribution in [0.4, 0.5) is 0 Å². The molecule has 3 N–H and O–H groups in total. The van der Waals surface area contributed by atoms with E-state index < -0.39 is 0 Å². The number of hydrogen-bond acceptors (Lipinski definition) is 2. The van der Waals surface area contributed by atoms with Crippen LogP contribution in [-0.4, -0.2) is 17.8 Å². The molecule has 1 aliphatic rings. The minimum atomic E-state index is -0.164. The van der Waals surface area contributed by atoms with Gasteiger partial charge in [0, 0.05) is 5.92 Å². The fourth-order valence-electron chi connectivity index (χ4n) is 2.87. The number of nitrogens with two attached hydrogens (primary N) is 1. The Bertz CT molecular complexity index is 312. The van der Waals surface area contributed by atoms with Crippen molar-refractivity contribution in [3.8, 4) is 0 Å². The largest absolute Gasteiger partial charge is 0.393 e. The van der Waals surface area contributed by atoms with Crippen molar-refractivity contribution in [3.05, 3.63) is 35.9 Å². The molecule has 2 rings (SSSR count). The monoisotopic (exact) mass is 219 g/mol. The van der Waals surface area contributed by atoms with E-state index in [4.69, 9.17) is 5.73 Å². The van der Waals surface area contributed by atoms with E-state index in [1.165, 1.54) is 12.0 Å². The van der Waals surface area contributed by atoms with Crippen molar-refractivity contribution in [2.75, 3.05) is 6.54 Å². The molecular weight excluding hydrogens is 198 g/mol. The van der Waals surface area contributed by atoms with Gasteiger partial charge in [0.2, 0.25) is 0 Å². The molecule has 16 heavy (non-hydrogen) atoms. The van der Waals surface area contributed by atoms with E-state index in [0.29, 0.717) is 18.4 Å². The van der Waals surface area contributed by atoms with Crippen LogP contribution in [0.25, 0.3) is 0 Å². The first-order valence-corrected chi connectivity index (χ1v) is 6.26. The maximum atomic E-state index is 10.1. The van der Waals surface area contributed by atoms with Crippen LogP contribution in [0.5, 0.6) is 0 Å². The predicted octanol–water partition coefficient (Wildman–Crippen LogP) is 2.28. The average molecular weight is 219 g/mol. The lowest BCUT2D eigenvalue weighted by atomic mass is 9.75. The van der Waals surface area contributed by atoms with Crippen molar-refractivity contribution in [1.82, 2.24) is 0 Å². The van der Waals surface area contributed by atoms with Crippen LogP contribution in [0.3, 0.4) is 0 Å². The Labute approximate surface area is 97.5 Å². The van der Waals surface area contributed by atoms with Crippen LogP contribution < -0.4 is 5.73 Å². The van der Waals surface area contributed by atoms with Gasteiger partial charge in [-0.3, -0.25) is 0 Å². The van der Waals surface area contributed by atoms with Crippen molar-refractivity contribution in [1.29, 1.82) is 0 Å². The van der Waals surface area contributed by atoms with Crippen molar-refractivity contribution in [2.45, 2.75) is 37.7 Å². The number of aliphatic hydroxyl groups is 1. The molecule has 3 atom stereocenters. The minimum absolute atomic E-state index is 0.164. The van der Waals surface area contributed by atoms with E-state index in [1.54, 1.807) is 0 Å². The predicted molar refractivity (Wildman–Crippen MR) is 66.2 cm³/mol. The zero-order chi connectivity index (χ0) is 11.4. The third kappa shape index (κ3) is 2.45. The van der Waals surface area contributed by atoms with Gasteiger partial charge in [0.25, 0.3) is 0 Å². The third-order valence-corrected chi connectivity index (χ3v) is 3.78. The van der Waals surface area contributed by atoms with Gasteiger partial charge in [-0.15, -0.1) is 0 Å². The quantitative estimate of drug-likeness (QED) is 0.819. The van der Waals surface area contributed by atoms with Crippen LogP contribution >= 0.6 is 0 Å². The van der Waals surface area contributed by atoms with E-state index in [1.807, 2.05) is 18.2 Å². The van der Waals surface area contributed by atoms with E-state index in [2.05, 4.69) is 12.1 Å². The summed E-state index contributed by atoms with van der Waals surface area (Å²) < 4.78 is 0. The van der Waals surface area contributed by atoms with Crippen molar-refractivity contribution >= 4 is 0 Å². The summed E-state index contributed by atoms with van der Waals surface area (Å²) in [7, 11) is 0. The van der Waals surface area contributed by atoms with Crippen molar-refractivity contribution in [3.63, 3.8) is 0 Å². The highest BCUT2D eigenvalue weighted by molar-refractivity contribution is 5.21. The first kappa shape index (κ1) is 11.6. The second-order valence-electron chi connectivity index (χ2n) is 4.77. The Morgan fingerprint density at radius 3 is 2.50 bits per heavy atom. The molecule has 0 aromatic heterocycles. The molecule has 1 aliphatic carbocycles. The Morgan fingerprint density at radius 1 is 1.19 bits per heavy atom. The molecule has 1 aromatic carbocycles. The van der Waals surface area contributed by atoms with Gasteiger partial charge in [-0.2, -0.15) is 0 Å². The van der Waals surface area contributed by atoms with Crippen LogP contribution in [0, 0.1) is 5.92 Å². The smallest absolute Gasteiger partial charge is 0.0574 e. The molecule has 0 heterocycles. The van der Waals surface area contributed by atoms with Gasteiger partial charge in [0.05, 0.1) is 6.10 Å². The molecule has 2 nitrogen and oxygen atoms in total. The summed E-state index contributed by atoms with van der Waals surface area (Å²) in [6, 6.07) is 10.4. The van der Waals surface area contributed by atoms with Gasteiger partial charge in [0.1, 0.15) is 0 Å². The van der Waals surface area contributed by atoms with E-state index in [9.17, 15) is 5.11 Å². The highest BCUT2D eigenvalue weighted by Gasteiger charge is 2.30. The van der Waals surface area contributed by atoms with Crippen LogP contribution in [0.1, 0.15) is 37.2 Å². The molecule has 1 aromatic rings. The molecule has 0 radical (unpaired) electrons. The fourth-order valence-corrected chi connectivity index (χ4v) is 2.87. The topological polar surface area (TPSA) is 46.2 Å². The summed E-state index contributed by atoms with van der Waals surface area (Å²) >= 11 is 0. The minimum Gasteiger partial charge on any atom is -0.393 e. The molecule has 1 fully saturated rings. The molecule has 0 saturated heterocycles. The summed E-state index contributed by atoms with van der Waals surface area (Å²) in [6.45, 7) is 0.631. The molecule has 0 amide bonds. The summed E-state index contributed by atoms with van der Waals surface area (Å²) in [4.78, 5) is 0. The zero-order valence-electron chi connectivity index (χ0n) is 9.68. The number of benzene rings is 1. The second kappa shape index (κ2) is 5.46. The first-order valence-electron chi connectivity index (χ1n) is 6.26. The van der Waals surface area contributed by atoms with Gasteiger partial charge >= 0.3 is 0 Å². The van der Waals surface area contributed by atoms with Gasteiger partial charge in [-0.05, 0) is 30.9 Å². The van der Waals surface area contributed by atoms with Crippen LogP contribution in [-0.2, 0) is 0 Å². The van der Waals surface area contributed by atoms with Crippen molar-refractivity contribution in [2.24, 2.45) is 11.7 Å². The Morgan fingerprint density at radius 2 is 1.88 bits per heavy atom. The molecule has 88 valence electrons. The molecule has 0 aliphatic heterocycles. The lowest BCUT2D eigenvalue weighted by Crippen LogP contribution is -2.33. The van der Waals surface area contributed by atoms with Crippen LogP contribution in [0.15, 0.2) is 30.3 Å². The molecular formula is C14H21NO. The van der Waals surface area contributed by atoms with Gasteiger partial charge < -0.3 is 10.8 Å². The SMILES string of the molecule is NCC(c1ccccc1)C1CCCCC1O. The summed E-state index contributed by atoms with van der Waals surface area (Å²) in [5.41, 5.74) is 7.16. The van der Waals surface area contributed by atoms with Gasteiger partial charge in [-0.1, -0.05) is 43.2 Å². The normalized spacial score (nSPS) is 27.6. The highest BCUT2D eigenvalue weighted by Crippen LogP contribution is 2.35. The number of hydrogen-bond donors (Lipinski definition) is 2. The fraction of sp³-hybridized carbons (Fsp3) is 0.571. The Hall–Kier alpha value is -0.860. The molecule has 3 unspecified atom stereocenters. The third-order valence-electron chi connectivity index (χ3n) is 3.78. The lowest BCUT2D eigenvalue weighted by Gasteiger charge is -2.34. The standard InChI is InChI=1S/C14H21NO/c15-10-13(11-6-2-1-3-7-11)12-8-4-5-9-14(12)16/h1-3,6-7,12-14,16H,4-5,8-10,15H2. The number of rotatable bonds is 3. The molecule has 0 spiro atoms. The summed E-state index contributed by atoms with van der Waals surface area (Å²) in [5.74, 6) is 0.664. The number of aliphatic hydroxyl groups excluding tert-OH is 1. The second-order valence-corrected chi connectivity index (χ2v) is 4.77. The van der Waals surface area contributed by atoms with E-state index in [-0.39, 0.29) is 6.10 Å². The molecule has 1 saturated carbocycles. The van der Waals surface area contributed by atoms with Crippen molar-refractivity contribution < 1.29 is 5.11 Å². The Kier molecular flexibility index (Phi) is 3.97. The zero-order valence-corrected chi connectivity index (χ0v) is 9.68. The van der Waals surface area contributed by atoms with Gasteiger partial charge in [0.15, 0.2) is 0 Å². The van der Waals surface area contributed by atoms with E-state index in [0.717, 1.165) is 19.3 Å². The lowest BCUT2D eigenvalue weighted by molar-refractivity contribution is 0.0561. The molecule has 2 heteroatoms. The maximum Gasteiger partial charge on any atom is 0.0574 e. The van der Waals surface area contributed by atoms with Crippen LogP contribution in [0.2, 0.25) is 0 Å². The van der Waals surface area contributed by atoms with E-state index >= 15 is 0 Å². The molecule has 0 bridgehead atoms. The van der Waals surface area contributed by atoms with Gasteiger partial charge in [-0.25, -0.2) is 0 Å². The average Bonchev–Trinajstić information content (AvgIpc) is 2.34. The highest BCUT2D eigenvalue weighted by atomic mass is 16.3. The summed E-state index contributed by atoms with van der Waals surface area (Å²) in [6.07, 6.45) is 4.27. The Balaban J connectivity index is 2.15. The summed E-state index contributed by atoms with van der Waals surface area (Å²) in [5, 5.41) is 10.1. The first-order chi connectivity index (χ1) is 7.83.